The predicted molar refractivity (Wildman–Crippen MR) is 78.4 cm³/mol. The number of benzene rings is 1. The van der Waals surface area contributed by atoms with Crippen LogP contribution in [0.25, 0.3) is 0 Å². The second-order valence-electron chi connectivity index (χ2n) is 4.96. The smallest absolute Gasteiger partial charge is 0.351 e. The lowest BCUT2D eigenvalue weighted by Gasteiger charge is -2.11. The molecule has 0 unspecified atom stereocenters. The highest BCUT2D eigenvalue weighted by Crippen LogP contribution is 2.14. The molecule has 9 heteroatoms. The number of amidine groups is 1. The van der Waals surface area contributed by atoms with Crippen LogP contribution in [0.3, 0.4) is 0 Å². The molecule has 6 nitrogen and oxygen atoms in total. The number of alkyl halides is 3. The molecule has 1 aromatic carbocycles. The van der Waals surface area contributed by atoms with Gasteiger partial charge in [-0.25, -0.2) is 0 Å². The van der Waals surface area contributed by atoms with E-state index in [1.807, 2.05) is 19.0 Å². The number of nitrogens with zero attached hydrogens (tertiary/aromatic N) is 1. The van der Waals surface area contributed by atoms with Gasteiger partial charge in [0.05, 0.1) is 0 Å². The summed E-state index contributed by atoms with van der Waals surface area (Å²) in [5.41, 5.74) is 0.370. The summed E-state index contributed by atoms with van der Waals surface area (Å²) in [6.07, 6.45) is -5.06. The molecule has 2 amide bonds. The van der Waals surface area contributed by atoms with Crippen molar-refractivity contribution in [2.24, 2.45) is 0 Å². The van der Waals surface area contributed by atoms with Crippen LogP contribution in [0.2, 0.25) is 0 Å². The van der Waals surface area contributed by atoms with Gasteiger partial charge in [-0.15, -0.1) is 0 Å². The minimum atomic E-state index is -5.06. The zero-order valence-electron chi connectivity index (χ0n) is 12.6. The lowest BCUT2D eigenvalue weighted by atomic mass is 10.1. The first-order valence-corrected chi connectivity index (χ1v) is 6.61. The number of hydrogen-bond donors (Lipinski definition) is 3. The van der Waals surface area contributed by atoms with Crippen molar-refractivity contribution in [3.8, 4) is 0 Å². The van der Waals surface area contributed by atoms with Crippen LogP contribution in [-0.4, -0.2) is 55.9 Å². The molecule has 0 fully saturated rings. The summed E-state index contributed by atoms with van der Waals surface area (Å²) >= 11 is 0. The zero-order chi connectivity index (χ0) is 17.6. The largest absolute Gasteiger partial charge is 0.471 e. The average molecular weight is 330 g/mol. The van der Waals surface area contributed by atoms with Gasteiger partial charge in [0.1, 0.15) is 5.84 Å². The van der Waals surface area contributed by atoms with Gasteiger partial charge in [-0.1, -0.05) is 12.1 Å². The first-order chi connectivity index (χ1) is 10.6. The molecule has 1 rings (SSSR count). The Kier molecular flexibility index (Phi) is 6.26. The second-order valence-corrected chi connectivity index (χ2v) is 4.96. The number of hydrogen-bond acceptors (Lipinski definition) is 4. The molecule has 1 aromatic rings. The maximum Gasteiger partial charge on any atom is 0.471 e. The Morgan fingerprint density at radius 2 is 1.65 bits per heavy atom. The Labute approximate surface area is 131 Å². The van der Waals surface area contributed by atoms with Crippen molar-refractivity contribution in [1.29, 1.82) is 5.41 Å². The monoisotopic (exact) mass is 330 g/mol. The highest BCUT2D eigenvalue weighted by atomic mass is 19.4. The number of likely N-dealkylation sites (N-methyl/N-ethyl adjacent to an activating group) is 1. The highest BCUT2D eigenvalue weighted by Gasteiger charge is 2.39. The third kappa shape index (κ3) is 6.07. The molecule has 0 aliphatic rings. The van der Waals surface area contributed by atoms with Crippen LogP contribution >= 0.6 is 0 Å². The van der Waals surface area contributed by atoms with Crippen LogP contribution < -0.4 is 10.6 Å². The molecule has 0 heterocycles. The Bertz CT molecular complexity index is 583. The van der Waals surface area contributed by atoms with Gasteiger partial charge >= 0.3 is 12.1 Å². The van der Waals surface area contributed by atoms with Gasteiger partial charge in [0.2, 0.25) is 0 Å². The van der Waals surface area contributed by atoms with Gasteiger partial charge < -0.3 is 15.5 Å². The molecule has 23 heavy (non-hydrogen) atoms. The van der Waals surface area contributed by atoms with Crippen molar-refractivity contribution >= 4 is 17.6 Å². The summed E-state index contributed by atoms with van der Waals surface area (Å²) < 4.78 is 36.3. The minimum Gasteiger partial charge on any atom is -0.351 e. The topological polar surface area (TPSA) is 85.3 Å². The fraction of sp³-hybridized carbons (Fsp3) is 0.357. The van der Waals surface area contributed by atoms with Crippen molar-refractivity contribution in [2.45, 2.75) is 6.18 Å². The molecule has 0 aromatic heterocycles. The average Bonchev–Trinajstić information content (AvgIpc) is 2.45. The number of carbonyl (C=O) groups is 2. The highest BCUT2D eigenvalue weighted by molar-refractivity contribution is 6.08. The van der Waals surface area contributed by atoms with Crippen LogP contribution in [0, 0.1) is 5.41 Å². The Morgan fingerprint density at radius 3 is 2.13 bits per heavy atom. The quantitative estimate of drug-likeness (QED) is 0.556. The van der Waals surface area contributed by atoms with E-state index in [9.17, 15) is 22.8 Å². The van der Waals surface area contributed by atoms with E-state index in [4.69, 9.17) is 5.41 Å². The third-order valence-electron chi connectivity index (χ3n) is 2.78. The number of carbonyl (C=O) groups excluding carboxylic acids is 2. The van der Waals surface area contributed by atoms with E-state index < -0.39 is 17.9 Å². The molecule has 0 radical (unpaired) electrons. The van der Waals surface area contributed by atoms with E-state index in [1.165, 1.54) is 29.6 Å². The normalized spacial score (nSPS) is 11.2. The molecule has 0 bridgehead atoms. The van der Waals surface area contributed by atoms with Gasteiger partial charge in [-0.3, -0.25) is 15.0 Å². The van der Waals surface area contributed by atoms with E-state index in [1.54, 1.807) is 0 Å². The summed E-state index contributed by atoms with van der Waals surface area (Å²) in [6, 6.07) is 5.32. The minimum absolute atomic E-state index is 0.0624. The summed E-state index contributed by atoms with van der Waals surface area (Å²) in [5.74, 6) is -3.23. The van der Waals surface area contributed by atoms with Crippen molar-refractivity contribution < 1.29 is 22.8 Å². The van der Waals surface area contributed by atoms with Crippen LogP contribution in [0.4, 0.5) is 13.2 Å². The van der Waals surface area contributed by atoms with Crippen LogP contribution in [0.15, 0.2) is 24.3 Å². The molecule has 126 valence electrons. The Morgan fingerprint density at radius 1 is 1.13 bits per heavy atom. The van der Waals surface area contributed by atoms with Gasteiger partial charge in [-0.05, 0) is 26.2 Å². The Balaban J connectivity index is 2.64. The van der Waals surface area contributed by atoms with Gasteiger partial charge in [-0.2, -0.15) is 13.2 Å². The summed E-state index contributed by atoms with van der Waals surface area (Å²) in [5, 5.41) is 11.6. The standard InChI is InChI=1S/C14H17F3N4O2/c1-21(2)8-7-19-12(22)10-5-3-9(4-6-10)11(18)20-13(23)14(15,16)17/h3-6H,7-8H2,1-2H3,(H,19,22)(H2,18,20,23). The van der Waals surface area contributed by atoms with Gasteiger partial charge in [0, 0.05) is 24.2 Å². The van der Waals surface area contributed by atoms with Crippen molar-refractivity contribution in [1.82, 2.24) is 15.5 Å². The molecule has 0 aliphatic carbocycles. The first-order valence-electron chi connectivity index (χ1n) is 6.61. The summed E-state index contributed by atoms with van der Waals surface area (Å²) in [7, 11) is 3.73. The van der Waals surface area contributed by atoms with E-state index in [0.29, 0.717) is 18.7 Å². The van der Waals surface area contributed by atoms with Gasteiger partial charge in [0.15, 0.2) is 0 Å². The summed E-state index contributed by atoms with van der Waals surface area (Å²) in [4.78, 5) is 24.5. The fourth-order valence-corrected chi connectivity index (χ4v) is 1.54. The number of halogens is 3. The molecular weight excluding hydrogens is 313 g/mol. The van der Waals surface area contributed by atoms with E-state index in [-0.39, 0.29) is 11.5 Å². The molecule has 0 saturated carbocycles. The zero-order valence-corrected chi connectivity index (χ0v) is 12.6. The first kappa shape index (κ1) is 18.6. The molecule has 0 atom stereocenters. The van der Waals surface area contributed by atoms with Crippen LogP contribution in [0.1, 0.15) is 15.9 Å². The van der Waals surface area contributed by atoms with Crippen molar-refractivity contribution in [3.63, 3.8) is 0 Å². The van der Waals surface area contributed by atoms with E-state index in [2.05, 4.69) is 5.32 Å². The number of rotatable bonds is 5. The van der Waals surface area contributed by atoms with E-state index >= 15 is 0 Å². The molecule has 3 N–H and O–H groups in total. The lowest BCUT2D eigenvalue weighted by Crippen LogP contribution is -2.40. The molecule has 0 saturated heterocycles. The van der Waals surface area contributed by atoms with Crippen LogP contribution in [-0.2, 0) is 4.79 Å². The number of amides is 2. The third-order valence-corrected chi connectivity index (χ3v) is 2.78. The molecule has 0 aliphatic heterocycles. The van der Waals surface area contributed by atoms with E-state index in [0.717, 1.165) is 0 Å². The van der Waals surface area contributed by atoms with Crippen LogP contribution in [0.5, 0.6) is 0 Å². The maximum atomic E-state index is 12.1. The SMILES string of the molecule is CN(C)CCNC(=O)c1ccc(C(=N)NC(=O)C(F)(F)F)cc1. The van der Waals surface area contributed by atoms with Gasteiger partial charge in [0.25, 0.3) is 5.91 Å². The van der Waals surface area contributed by atoms with Crippen molar-refractivity contribution in [2.75, 3.05) is 27.2 Å². The Hall–Kier alpha value is -2.42. The molecule has 0 spiro atoms. The predicted octanol–water partition coefficient (Wildman–Crippen LogP) is 0.982. The molecular formula is C14H17F3N4O2. The lowest BCUT2D eigenvalue weighted by molar-refractivity contribution is -0.171. The fourth-order valence-electron chi connectivity index (χ4n) is 1.54. The summed E-state index contributed by atoms with van der Waals surface area (Å²) in [6.45, 7) is 1.11. The second kappa shape index (κ2) is 7.73. The number of nitrogens with one attached hydrogen (secondary N) is 3. The maximum absolute atomic E-state index is 12.1. The van der Waals surface area contributed by atoms with Crippen molar-refractivity contribution in [3.05, 3.63) is 35.4 Å².